The summed E-state index contributed by atoms with van der Waals surface area (Å²) in [6.07, 6.45) is 19.9. The molecule has 0 heterocycles. The molecule has 634 valence electrons. The number of carbonyl (C=O) groups is 15. The molecule has 2 rings (SSSR count). The van der Waals surface area contributed by atoms with Gasteiger partial charge < -0.3 is 82.1 Å². The number of nitrogens with two attached hydrogens (primary N) is 1. The minimum absolute atomic E-state index is 0.00631. The Morgan fingerprint density at radius 1 is 0.420 bits per heavy atom. The van der Waals surface area contributed by atoms with Crippen LogP contribution in [-0.4, -0.2) is 205 Å². The molecule has 31 nitrogen and oxygen atoms in total. The van der Waals surface area contributed by atoms with E-state index in [-0.39, 0.29) is 134 Å². The van der Waals surface area contributed by atoms with E-state index in [1.807, 2.05) is 12.1 Å². The van der Waals surface area contributed by atoms with Crippen LogP contribution in [0.4, 0.5) is 5.69 Å². The molecule has 1 aromatic carbocycles. The third kappa shape index (κ3) is 52.1. The van der Waals surface area contributed by atoms with Crippen molar-refractivity contribution in [1.82, 2.24) is 26.6 Å². The molecule has 0 aromatic heterocycles. The second-order valence-electron chi connectivity index (χ2n) is 29.3. The summed E-state index contributed by atoms with van der Waals surface area (Å²) in [5.41, 5.74) is 6.97. The van der Waals surface area contributed by atoms with Crippen LogP contribution in [0.5, 0.6) is 0 Å². The van der Waals surface area contributed by atoms with Gasteiger partial charge in [0.05, 0.1) is 44.4 Å². The van der Waals surface area contributed by atoms with Crippen LogP contribution in [0.25, 0.3) is 0 Å². The van der Waals surface area contributed by atoms with Gasteiger partial charge in [0, 0.05) is 120 Å². The minimum atomic E-state index is -1.53. The first kappa shape index (κ1) is 99.8. The van der Waals surface area contributed by atoms with Gasteiger partial charge in [-0.2, -0.15) is 0 Å². The van der Waals surface area contributed by atoms with Crippen LogP contribution in [0.15, 0.2) is 24.3 Å². The number of aliphatic carboxylic acids is 5. The monoisotopic (exact) mass is 1590 g/mol. The molecule has 0 aliphatic heterocycles. The van der Waals surface area contributed by atoms with Crippen LogP contribution in [0.3, 0.4) is 0 Å². The first-order valence-corrected chi connectivity index (χ1v) is 40.9. The van der Waals surface area contributed by atoms with E-state index in [4.69, 9.17) is 29.8 Å². The Balaban J connectivity index is 1.70. The number of benzene rings is 1. The van der Waals surface area contributed by atoms with E-state index in [0.717, 1.165) is 70.0 Å². The molecule has 112 heavy (non-hydrogen) atoms. The fourth-order valence-electron chi connectivity index (χ4n) is 13.0. The molecule has 1 aliphatic carbocycles. The number of carboxylic acid groups (broad SMARTS) is 5. The molecule has 1 aliphatic rings. The predicted molar refractivity (Wildman–Crippen MR) is 416 cm³/mol. The summed E-state index contributed by atoms with van der Waals surface area (Å²) in [5, 5.41) is 64.0. The summed E-state index contributed by atoms with van der Waals surface area (Å²) in [6, 6.07) is 3.35. The lowest BCUT2D eigenvalue weighted by Gasteiger charge is -2.28. The average Bonchev–Trinajstić information content (AvgIpc) is 0.875. The predicted octanol–water partition coefficient (Wildman–Crippen LogP) is 9.14. The second-order valence-corrected chi connectivity index (χ2v) is 29.3. The Kier molecular flexibility index (Phi) is 56.3. The normalized spacial score (nSPS) is 14.6. The molecule has 0 radical (unpaired) electrons. The highest BCUT2D eigenvalue weighted by Gasteiger charge is 2.34. The maximum Gasteiger partial charge on any atom is 0.306 e. The lowest BCUT2D eigenvalue weighted by atomic mass is 9.78. The van der Waals surface area contributed by atoms with E-state index in [2.05, 4.69) is 38.8 Å². The van der Waals surface area contributed by atoms with Crippen molar-refractivity contribution in [2.45, 2.75) is 288 Å². The quantitative estimate of drug-likeness (QED) is 0.0270. The third-order valence-corrected chi connectivity index (χ3v) is 19.8. The lowest BCUT2D eigenvalue weighted by Crippen LogP contribution is -2.46. The van der Waals surface area contributed by atoms with E-state index in [0.29, 0.717) is 70.0 Å². The number of Topliss-reactive ketones (excluding diaryl/α,β-unsaturated/α-hetero) is 4. The zero-order valence-corrected chi connectivity index (χ0v) is 66.2. The number of carboxylic acids is 5. The maximum absolute atomic E-state index is 13.9. The molecule has 6 amide bonds. The zero-order valence-electron chi connectivity index (χ0n) is 66.2. The number of anilines is 1. The molecule has 1 saturated carbocycles. The van der Waals surface area contributed by atoms with Crippen LogP contribution in [0.2, 0.25) is 0 Å². The SMILES string of the molecule is CCCCNc1ccc(C(=O)NCCCC[C@H](NC(=O)COCCOCCCC(=O)COCCOCCCC(=O)[C@H](CCC(=O)O)NC(=O)[C@H](CCC(=O)O)CC(=O)[C@H](CCC(=O)O)NC(=O)CC[C@H](CC(=O)C2CCC(CNC(=O)CCCCCCCCCCCCCCCCCCC(=O)O)CC2)C(=O)O)C(N)=O)cc1. The molecule has 13 N–H and O–H groups in total. The Hall–Kier alpha value is -8.29. The van der Waals surface area contributed by atoms with Gasteiger partial charge in [0.1, 0.15) is 25.0 Å². The molecule has 1 aromatic rings. The van der Waals surface area contributed by atoms with Gasteiger partial charge in [0.15, 0.2) is 17.3 Å². The Morgan fingerprint density at radius 3 is 1.46 bits per heavy atom. The average molecular weight is 1590 g/mol. The Labute approximate surface area is 659 Å². The smallest absolute Gasteiger partial charge is 0.306 e. The van der Waals surface area contributed by atoms with E-state index < -0.39 is 146 Å². The van der Waals surface area contributed by atoms with Gasteiger partial charge >= 0.3 is 29.8 Å². The molecule has 5 atom stereocenters. The van der Waals surface area contributed by atoms with Gasteiger partial charge in [-0.3, -0.25) is 71.9 Å². The number of unbranched alkanes of at least 4 members (excludes halogenated alkanes) is 17. The minimum Gasteiger partial charge on any atom is -0.481 e. The van der Waals surface area contributed by atoms with Crippen LogP contribution in [0, 0.1) is 23.7 Å². The molecule has 31 heteroatoms. The number of rotatable bonds is 74. The number of amides is 6. The molecular weight excluding hydrogens is 1450 g/mol. The van der Waals surface area contributed by atoms with Crippen molar-refractivity contribution in [3.63, 3.8) is 0 Å². The van der Waals surface area contributed by atoms with Crippen LogP contribution >= 0.6 is 0 Å². The van der Waals surface area contributed by atoms with Gasteiger partial charge in [-0.25, -0.2) is 0 Å². The summed E-state index contributed by atoms with van der Waals surface area (Å²) in [5.74, 6) is -14.2. The van der Waals surface area contributed by atoms with Gasteiger partial charge in [0.25, 0.3) is 5.91 Å². The number of ether oxygens (including phenoxy) is 4. The largest absolute Gasteiger partial charge is 0.481 e. The van der Waals surface area contributed by atoms with Crippen molar-refractivity contribution in [2.75, 3.05) is 77.8 Å². The van der Waals surface area contributed by atoms with Gasteiger partial charge in [-0.15, -0.1) is 0 Å². The van der Waals surface area contributed by atoms with Crippen molar-refractivity contribution in [3.05, 3.63) is 29.8 Å². The van der Waals surface area contributed by atoms with E-state index in [9.17, 15) is 92.3 Å². The van der Waals surface area contributed by atoms with Gasteiger partial charge in [0.2, 0.25) is 29.5 Å². The van der Waals surface area contributed by atoms with E-state index in [1.165, 1.54) is 57.8 Å². The van der Waals surface area contributed by atoms with Crippen molar-refractivity contribution in [1.29, 1.82) is 0 Å². The fourth-order valence-corrected chi connectivity index (χ4v) is 13.0. The first-order valence-electron chi connectivity index (χ1n) is 40.9. The maximum atomic E-state index is 13.9. The molecule has 0 bridgehead atoms. The summed E-state index contributed by atoms with van der Waals surface area (Å²) < 4.78 is 21.8. The van der Waals surface area contributed by atoms with Gasteiger partial charge in [-0.1, -0.05) is 103 Å². The standard InChI is InChI=1S/C81H131N7O24/c1-2-3-45-83-63-37-33-60(34-38-63)79(105)84-46-21-20-25-67(78(82)104)87-73(95)57-112-52-50-109-47-22-24-64(89)56-111-51-49-110-48-23-26-68(90)65(39-43-76(100)101)88-80(106)61(36-42-75(98)99)53-70(92)66(40-44-77(102)103)86-72(94)41-35-62(81(107)108)54-69(91)59-31-29-58(30-32-59)55-85-71(93)27-18-16-14-12-10-8-6-4-5-7-9-11-13-15-17-19-28-74(96)97/h33-34,37-38,58-59,61-62,65-67,83H,2-32,35-36,39-57H2,1H3,(H2,82,104)(H,84,105)(H,85,93)(H,86,94)(H,87,95)(H,88,106)(H,96,97)(H,98,99)(H,100,101)(H,102,103)(H,107,108)/t58?,59?,61-,62-,65+,66+,67+/m1/s1. The van der Waals surface area contributed by atoms with Crippen LogP contribution in [-0.2, 0) is 86.1 Å². The number of hydrogen-bond donors (Lipinski definition) is 12. The topological polar surface area (TPSA) is 492 Å². The van der Waals surface area contributed by atoms with Crippen LogP contribution in [0.1, 0.15) is 281 Å². The third-order valence-electron chi connectivity index (χ3n) is 19.8. The highest BCUT2D eigenvalue weighted by molar-refractivity contribution is 5.96. The fraction of sp³-hybridized carbons (Fsp3) is 0.741. The van der Waals surface area contributed by atoms with Crippen molar-refractivity contribution >= 4 is 94.1 Å². The summed E-state index contributed by atoms with van der Waals surface area (Å²) in [6.45, 7) is 3.77. The molecule has 1 fully saturated rings. The summed E-state index contributed by atoms with van der Waals surface area (Å²) >= 11 is 0. The summed E-state index contributed by atoms with van der Waals surface area (Å²) in [7, 11) is 0. The number of nitrogens with one attached hydrogen (secondary N) is 6. The zero-order chi connectivity index (χ0) is 82.5. The first-order chi connectivity index (χ1) is 53.8. The van der Waals surface area contributed by atoms with Crippen molar-refractivity contribution < 1.29 is 116 Å². The van der Waals surface area contributed by atoms with Crippen molar-refractivity contribution in [3.8, 4) is 0 Å². The Morgan fingerprint density at radius 2 is 0.920 bits per heavy atom. The molecular formula is C81H131N7O24. The number of ketones is 4. The number of carbonyl (C=O) groups excluding carboxylic acids is 10. The molecule has 0 spiro atoms. The summed E-state index contributed by atoms with van der Waals surface area (Å²) in [4.78, 5) is 188. The highest BCUT2D eigenvalue weighted by Crippen LogP contribution is 2.32. The van der Waals surface area contributed by atoms with E-state index >= 15 is 0 Å². The van der Waals surface area contributed by atoms with Crippen molar-refractivity contribution in [2.24, 2.45) is 29.4 Å². The van der Waals surface area contributed by atoms with E-state index in [1.54, 1.807) is 12.1 Å². The molecule has 0 unspecified atom stereocenters. The number of hydrogen-bond acceptors (Lipinski definition) is 20. The Bertz CT molecular complexity index is 2980. The highest BCUT2D eigenvalue weighted by atomic mass is 16.5. The van der Waals surface area contributed by atoms with Crippen LogP contribution < -0.4 is 37.6 Å². The number of primary amides is 1. The van der Waals surface area contributed by atoms with Gasteiger partial charge in [-0.05, 0) is 133 Å². The lowest BCUT2D eigenvalue weighted by molar-refractivity contribution is -0.145. The molecule has 0 saturated heterocycles. The second kappa shape index (κ2) is 63.2.